The molecule has 0 saturated heterocycles. The second kappa shape index (κ2) is 19.6. The summed E-state index contributed by atoms with van der Waals surface area (Å²) < 4.78 is 0. The normalized spacial score (nSPS) is 14.2. The molecular weight excluding hydrogens is 574 g/mol. The topological polar surface area (TPSA) is 267 Å². The van der Waals surface area contributed by atoms with Gasteiger partial charge < -0.3 is 42.9 Å². The van der Waals surface area contributed by atoms with E-state index in [9.17, 15) is 39.0 Å². The molecule has 0 bridgehead atoms. The number of aliphatic carboxylic acids is 2. The quantitative estimate of drug-likeness (QED) is 0.0486. The first-order valence-electron chi connectivity index (χ1n) is 14.5. The summed E-state index contributed by atoms with van der Waals surface area (Å²) in [6.45, 7) is 3.55. The van der Waals surface area contributed by atoms with E-state index < -0.39 is 71.9 Å². The maximum absolute atomic E-state index is 13.1. The van der Waals surface area contributed by atoms with Crippen molar-refractivity contribution in [1.29, 1.82) is 5.41 Å². The first kappa shape index (κ1) is 37.5. The molecule has 3 amide bonds. The minimum Gasteiger partial charge on any atom is -0.481 e. The van der Waals surface area contributed by atoms with Crippen LogP contribution >= 0.6 is 0 Å². The summed E-state index contributed by atoms with van der Waals surface area (Å²) in [7, 11) is 0. The molecule has 0 aliphatic heterocycles. The molecule has 0 heterocycles. The predicted octanol–water partition coefficient (Wildman–Crippen LogP) is -0.381. The van der Waals surface area contributed by atoms with Gasteiger partial charge >= 0.3 is 11.9 Å². The number of carbonyl (C=O) groups is 6. The molecule has 0 aliphatic rings. The van der Waals surface area contributed by atoms with E-state index in [-0.39, 0.29) is 31.6 Å². The largest absolute Gasteiger partial charge is 0.481 e. The molecule has 1 rings (SSSR count). The Hall–Kier alpha value is -4.53. The molecule has 0 fully saturated rings. The number of carboxylic acid groups (broad SMARTS) is 2. The standard InChI is InChI=1S/C29H45N7O8/c1-3-4-12-21(35-25(40)20(30)11-8-13-33-29(31)32)26(41)36-22(16-24(38)39)27(42)34-17(2)23(37)15-19(28(43)44)14-18-9-6-5-7-10-18/h5-7,9-10,17,19-22H,3-4,8,11-16,30H2,1-2H3,(H,34,42)(H,35,40)(H,36,41)(H,38,39)(H,43,44)(H4,31,32,33)/t17?,19?,20-,21-,22-/m0/s1. The van der Waals surface area contributed by atoms with Crippen LogP contribution in [-0.2, 0) is 35.2 Å². The van der Waals surface area contributed by atoms with Gasteiger partial charge in [0.15, 0.2) is 11.7 Å². The fourth-order valence-corrected chi connectivity index (χ4v) is 4.25. The van der Waals surface area contributed by atoms with E-state index in [4.69, 9.17) is 16.9 Å². The minimum absolute atomic E-state index is 0.101. The highest BCUT2D eigenvalue weighted by atomic mass is 16.4. The molecule has 0 spiro atoms. The molecule has 0 radical (unpaired) electrons. The van der Waals surface area contributed by atoms with E-state index in [1.807, 2.05) is 6.92 Å². The third-order valence-corrected chi connectivity index (χ3v) is 6.80. The van der Waals surface area contributed by atoms with Gasteiger partial charge in [-0.25, -0.2) is 0 Å². The Labute approximate surface area is 256 Å². The molecule has 2 unspecified atom stereocenters. The SMILES string of the molecule is CCCC[C@H](NC(=O)[C@@H](N)CCCNC(=N)N)C(=O)N[C@@H](CC(=O)O)C(=O)NC(C)C(=O)CC(Cc1ccccc1)C(=O)O. The Balaban J connectivity index is 2.88. The minimum atomic E-state index is -1.58. The van der Waals surface area contributed by atoms with E-state index in [2.05, 4.69) is 21.3 Å². The van der Waals surface area contributed by atoms with Crippen molar-refractivity contribution in [2.45, 2.75) is 89.4 Å². The lowest BCUT2D eigenvalue weighted by Crippen LogP contribution is -2.57. The summed E-state index contributed by atoms with van der Waals surface area (Å²) in [4.78, 5) is 74.9. The third kappa shape index (κ3) is 14.6. The number of carboxylic acids is 2. The number of benzene rings is 1. The first-order valence-corrected chi connectivity index (χ1v) is 14.5. The number of guanidine groups is 1. The number of rotatable bonds is 21. The molecule has 0 aromatic heterocycles. The van der Waals surface area contributed by atoms with Crippen LogP contribution in [0.1, 0.15) is 64.4 Å². The maximum atomic E-state index is 13.1. The number of hydrogen-bond donors (Lipinski definition) is 9. The number of ketones is 1. The van der Waals surface area contributed by atoms with Crippen LogP contribution in [-0.4, -0.2) is 82.3 Å². The molecule has 1 aromatic carbocycles. The van der Waals surface area contributed by atoms with Gasteiger partial charge in [0, 0.05) is 13.0 Å². The van der Waals surface area contributed by atoms with E-state index in [0.29, 0.717) is 25.8 Å². The smallest absolute Gasteiger partial charge is 0.307 e. The number of amides is 3. The highest BCUT2D eigenvalue weighted by Crippen LogP contribution is 2.15. The lowest BCUT2D eigenvalue weighted by atomic mass is 9.92. The summed E-state index contributed by atoms with van der Waals surface area (Å²) in [5.41, 5.74) is 11.9. The predicted molar refractivity (Wildman–Crippen MR) is 161 cm³/mol. The number of nitrogens with one attached hydrogen (secondary N) is 5. The molecule has 15 nitrogen and oxygen atoms in total. The van der Waals surface area contributed by atoms with Gasteiger partial charge in [0.1, 0.15) is 12.1 Å². The van der Waals surface area contributed by atoms with Crippen LogP contribution in [0.25, 0.3) is 0 Å². The van der Waals surface area contributed by atoms with E-state index in [0.717, 1.165) is 5.56 Å². The van der Waals surface area contributed by atoms with Gasteiger partial charge in [-0.3, -0.25) is 34.2 Å². The van der Waals surface area contributed by atoms with Crippen LogP contribution in [0.5, 0.6) is 0 Å². The molecule has 244 valence electrons. The average Bonchev–Trinajstić information content (AvgIpc) is 2.96. The number of Topliss-reactive ketones (excluding diaryl/α,β-unsaturated/α-hetero) is 1. The zero-order chi connectivity index (χ0) is 33.2. The van der Waals surface area contributed by atoms with Gasteiger partial charge in [-0.1, -0.05) is 50.1 Å². The van der Waals surface area contributed by atoms with Gasteiger partial charge in [0.2, 0.25) is 17.7 Å². The van der Waals surface area contributed by atoms with Crippen molar-refractivity contribution >= 4 is 41.4 Å². The van der Waals surface area contributed by atoms with Crippen LogP contribution < -0.4 is 32.7 Å². The van der Waals surface area contributed by atoms with Crippen LogP contribution in [0.3, 0.4) is 0 Å². The van der Waals surface area contributed by atoms with Crippen LogP contribution in [0.2, 0.25) is 0 Å². The Kier molecular flexibility index (Phi) is 16.7. The Morgan fingerprint density at radius 3 is 2.05 bits per heavy atom. The number of unbranched alkanes of at least 4 members (excludes halogenated alkanes) is 1. The number of nitrogens with two attached hydrogens (primary N) is 2. The summed E-state index contributed by atoms with van der Waals surface area (Å²) in [5.74, 6) is -6.78. The lowest BCUT2D eigenvalue weighted by molar-refractivity contribution is -0.144. The van der Waals surface area contributed by atoms with Gasteiger partial charge in [-0.15, -0.1) is 0 Å². The Morgan fingerprint density at radius 2 is 1.48 bits per heavy atom. The first-order chi connectivity index (χ1) is 20.7. The summed E-state index contributed by atoms with van der Waals surface area (Å²) in [6, 6.07) is 3.93. The highest BCUT2D eigenvalue weighted by Gasteiger charge is 2.31. The molecule has 5 atom stereocenters. The lowest BCUT2D eigenvalue weighted by Gasteiger charge is -2.24. The monoisotopic (exact) mass is 619 g/mol. The zero-order valence-electron chi connectivity index (χ0n) is 25.1. The molecule has 1 aromatic rings. The molecular formula is C29H45N7O8. The second-order valence-electron chi connectivity index (χ2n) is 10.6. The van der Waals surface area contributed by atoms with Crippen molar-refractivity contribution in [1.82, 2.24) is 21.3 Å². The van der Waals surface area contributed by atoms with Crippen molar-refractivity contribution < 1.29 is 39.0 Å². The Bertz CT molecular complexity index is 1150. The molecule has 11 N–H and O–H groups in total. The maximum Gasteiger partial charge on any atom is 0.307 e. The van der Waals surface area contributed by atoms with Gasteiger partial charge in [0.05, 0.1) is 24.4 Å². The summed E-state index contributed by atoms with van der Waals surface area (Å²) in [6.07, 6.45) is 0.994. The van der Waals surface area contributed by atoms with Gasteiger partial charge in [-0.05, 0) is 38.2 Å². The molecule has 0 aliphatic carbocycles. The highest BCUT2D eigenvalue weighted by molar-refractivity contribution is 5.97. The fourth-order valence-electron chi connectivity index (χ4n) is 4.25. The fraction of sp³-hybridized carbons (Fsp3) is 0.552. The van der Waals surface area contributed by atoms with Crippen molar-refractivity contribution in [2.24, 2.45) is 17.4 Å². The number of hydrogen-bond acceptors (Lipinski definition) is 8. The van der Waals surface area contributed by atoms with Gasteiger partial charge in [-0.2, -0.15) is 0 Å². The van der Waals surface area contributed by atoms with Crippen molar-refractivity contribution in [3.05, 3.63) is 35.9 Å². The van der Waals surface area contributed by atoms with Crippen LogP contribution in [0.4, 0.5) is 0 Å². The van der Waals surface area contributed by atoms with Crippen LogP contribution in [0.15, 0.2) is 30.3 Å². The van der Waals surface area contributed by atoms with Crippen LogP contribution in [0, 0.1) is 11.3 Å². The molecule has 44 heavy (non-hydrogen) atoms. The van der Waals surface area contributed by atoms with E-state index in [1.54, 1.807) is 30.3 Å². The molecule has 15 heteroatoms. The second-order valence-corrected chi connectivity index (χ2v) is 10.6. The Morgan fingerprint density at radius 1 is 0.864 bits per heavy atom. The summed E-state index contributed by atoms with van der Waals surface area (Å²) >= 11 is 0. The molecule has 0 saturated carbocycles. The number of carbonyl (C=O) groups excluding carboxylic acids is 4. The van der Waals surface area contributed by atoms with Gasteiger partial charge in [0.25, 0.3) is 0 Å². The average molecular weight is 620 g/mol. The van der Waals surface area contributed by atoms with Crippen molar-refractivity contribution in [3.8, 4) is 0 Å². The zero-order valence-corrected chi connectivity index (χ0v) is 25.1. The van der Waals surface area contributed by atoms with Crippen molar-refractivity contribution in [3.63, 3.8) is 0 Å². The van der Waals surface area contributed by atoms with E-state index >= 15 is 0 Å². The van der Waals surface area contributed by atoms with E-state index in [1.165, 1.54) is 6.92 Å². The summed E-state index contributed by atoms with van der Waals surface area (Å²) in [5, 5.41) is 36.0. The third-order valence-electron chi connectivity index (χ3n) is 6.80. The van der Waals surface area contributed by atoms with Crippen molar-refractivity contribution in [2.75, 3.05) is 6.54 Å².